The lowest BCUT2D eigenvalue weighted by Crippen LogP contribution is -2.15. The van der Waals surface area contributed by atoms with Crippen molar-refractivity contribution in [2.24, 2.45) is 7.05 Å². The maximum Gasteiger partial charge on any atom is 0.165 e. The van der Waals surface area contributed by atoms with Crippen LogP contribution in [0.5, 0.6) is 0 Å². The fourth-order valence-electron chi connectivity index (χ4n) is 3.09. The van der Waals surface area contributed by atoms with Gasteiger partial charge in [0.2, 0.25) is 0 Å². The van der Waals surface area contributed by atoms with Crippen molar-refractivity contribution >= 4 is 23.2 Å². The van der Waals surface area contributed by atoms with Gasteiger partial charge in [-0.15, -0.1) is 10.2 Å². The van der Waals surface area contributed by atoms with Crippen LogP contribution >= 0.6 is 23.2 Å². The molecule has 4 nitrogen and oxygen atoms in total. The van der Waals surface area contributed by atoms with E-state index >= 15 is 0 Å². The van der Waals surface area contributed by atoms with E-state index in [0.717, 1.165) is 30.1 Å². The molecule has 0 bridgehead atoms. The van der Waals surface area contributed by atoms with Crippen molar-refractivity contribution in [1.29, 1.82) is 0 Å². The lowest BCUT2D eigenvalue weighted by atomic mass is 9.96. The molecule has 1 aliphatic rings. The van der Waals surface area contributed by atoms with E-state index in [9.17, 15) is 0 Å². The van der Waals surface area contributed by atoms with Gasteiger partial charge in [0.1, 0.15) is 5.82 Å². The molecule has 0 unspecified atom stereocenters. The van der Waals surface area contributed by atoms with Gasteiger partial charge in [-0.2, -0.15) is 0 Å². The molecule has 0 aliphatic heterocycles. The Hall–Kier alpha value is -1.91. The van der Waals surface area contributed by atoms with Crippen LogP contribution in [0.2, 0.25) is 10.0 Å². The van der Waals surface area contributed by atoms with Gasteiger partial charge in [0, 0.05) is 30.0 Å². The summed E-state index contributed by atoms with van der Waals surface area (Å²) in [7, 11) is 1.98. The molecule has 2 heterocycles. The minimum atomic E-state index is -0.0537. The molecular weight excluding hydrogens is 331 g/mol. The zero-order valence-electron chi connectivity index (χ0n) is 12.5. The first-order chi connectivity index (χ1) is 11.1. The maximum atomic E-state index is 6.32. The molecule has 4 rings (SSSR count). The summed E-state index contributed by atoms with van der Waals surface area (Å²) in [4.78, 5) is 4.10. The highest BCUT2D eigenvalue weighted by Crippen LogP contribution is 2.52. The predicted octanol–water partition coefficient (Wildman–Crippen LogP) is 4.26. The Morgan fingerprint density at radius 1 is 1.04 bits per heavy atom. The molecule has 1 aliphatic carbocycles. The molecule has 0 atom stereocenters. The van der Waals surface area contributed by atoms with Crippen molar-refractivity contribution in [2.45, 2.75) is 18.3 Å². The molecule has 2 aromatic heterocycles. The van der Waals surface area contributed by atoms with Gasteiger partial charge in [0.25, 0.3) is 0 Å². The van der Waals surface area contributed by atoms with E-state index < -0.39 is 0 Å². The van der Waals surface area contributed by atoms with Gasteiger partial charge < -0.3 is 4.57 Å². The van der Waals surface area contributed by atoms with Crippen LogP contribution < -0.4 is 0 Å². The van der Waals surface area contributed by atoms with Crippen molar-refractivity contribution in [3.05, 3.63) is 64.2 Å². The normalized spacial score (nSPS) is 15.6. The number of nitrogens with zero attached hydrogens (tertiary/aromatic N) is 4. The van der Waals surface area contributed by atoms with E-state index in [0.29, 0.717) is 10.0 Å². The second-order valence-corrected chi connectivity index (χ2v) is 6.69. The van der Waals surface area contributed by atoms with Gasteiger partial charge in [0.15, 0.2) is 5.82 Å². The van der Waals surface area contributed by atoms with E-state index in [1.165, 1.54) is 5.56 Å². The third kappa shape index (κ3) is 2.33. The number of hydrogen-bond donors (Lipinski definition) is 0. The van der Waals surface area contributed by atoms with Crippen LogP contribution in [0.1, 0.15) is 24.2 Å². The Bertz CT molecular complexity index is 870. The Kier molecular flexibility index (Phi) is 3.39. The number of halogens is 2. The van der Waals surface area contributed by atoms with Crippen molar-refractivity contribution < 1.29 is 0 Å². The number of hydrogen-bond acceptors (Lipinski definition) is 3. The molecule has 1 saturated carbocycles. The second kappa shape index (κ2) is 5.32. The molecule has 1 aromatic carbocycles. The largest absolute Gasteiger partial charge is 0.313 e. The van der Waals surface area contributed by atoms with Crippen LogP contribution in [-0.4, -0.2) is 19.7 Å². The zero-order valence-corrected chi connectivity index (χ0v) is 14.0. The summed E-state index contributed by atoms with van der Waals surface area (Å²) in [5.74, 6) is 1.71. The Morgan fingerprint density at radius 2 is 1.78 bits per heavy atom. The number of benzene rings is 1. The number of aromatic nitrogens is 4. The average Bonchev–Trinajstić information content (AvgIpc) is 3.27. The van der Waals surface area contributed by atoms with E-state index in [1.54, 1.807) is 6.07 Å². The molecule has 3 aromatic rings. The minimum Gasteiger partial charge on any atom is -0.313 e. The maximum absolute atomic E-state index is 6.32. The van der Waals surface area contributed by atoms with Crippen molar-refractivity contribution in [3.63, 3.8) is 0 Å². The first-order valence-electron chi connectivity index (χ1n) is 7.38. The first kappa shape index (κ1) is 14.7. The topological polar surface area (TPSA) is 43.6 Å². The van der Waals surface area contributed by atoms with Crippen LogP contribution in [-0.2, 0) is 12.5 Å². The Morgan fingerprint density at radius 3 is 2.43 bits per heavy atom. The van der Waals surface area contributed by atoms with Crippen LogP contribution in [0, 0.1) is 0 Å². The molecule has 1 fully saturated rings. The molecule has 0 amide bonds. The van der Waals surface area contributed by atoms with Gasteiger partial charge in [-0.05, 0) is 48.7 Å². The SMILES string of the molecule is Cn1c(-c2ccc(Cl)cc2Cl)nnc1C1(c2ccncc2)CC1. The summed E-state index contributed by atoms with van der Waals surface area (Å²) < 4.78 is 2.03. The first-order valence-corrected chi connectivity index (χ1v) is 8.13. The van der Waals surface area contributed by atoms with Crippen LogP contribution in [0.15, 0.2) is 42.7 Å². The smallest absolute Gasteiger partial charge is 0.165 e. The second-order valence-electron chi connectivity index (χ2n) is 5.85. The number of pyridine rings is 1. The number of rotatable bonds is 3. The van der Waals surface area contributed by atoms with Crippen LogP contribution in [0.25, 0.3) is 11.4 Å². The van der Waals surface area contributed by atoms with Crippen molar-refractivity contribution in [3.8, 4) is 11.4 Å². The van der Waals surface area contributed by atoms with E-state index in [-0.39, 0.29) is 5.41 Å². The Labute approximate surface area is 144 Å². The molecule has 23 heavy (non-hydrogen) atoms. The minimum absolute atomic E-state index is 0.0537. The third-order valence-corrected chi connectivity index (χ3v) is 5.01. The van der Waals surface area contributed by atoms with Gasteiger partial charge in [-0.1, -0.05) is 23.2 Å². The summed E-state index contributed by atoms with van der Waals surface area (Å²) >= 11 is 12.3. The summed E-state index contributed by atoms with van der Waals surface area (Å²) in [6.07, 6.45) is 5.78. The highest BCUT2D eigenvalue weighted by atomic mass is 35.5. The zero-order chi connectivity index (χ0) is 16.0. The van der Waals surface area contributed by atoms with E-state index in [2.05, 4.69) is 27.3 Å². The summed E-state index contributed by atoms with van der Waals surface area (Å²) in [6.45, 7) is 0. The fraction of sp³-hybridized carbons (Fsp3) is 0.235. The third-order valence-electron chi connectivity index (χ3n) is 4.46. The average molecular weight is 345 g/mol. The fourth-order valence-corrected chi connectivity index (χ4v) is 3.58. The molecule has 6 heteroatoms. The molecule has 0 saturated heterocycles. The molecule has 0 N–H and O–H groups in total. The monoisotopic (exact) mass is 344 g/mol. The van der Waals surface area contributed by atoms with Gasteiger partial charge in [-0.3, -0.25) is 4.98 Å². The lowest BCUT2D eigenvalue weighted by Gasteiger charge is -2.15. The van der Waals surface area contributed by atoms with Crippen LogP contribution in [0.3, 0.4) is 0 Å². The van der Waals surface area contributed by atoms with Gasteiger partial charge in [0.05, 0.1) is 10.4 Å². The highest BCUT2D eigenvalue weighted by molar-refractivity contribution is 6.36. The predicted molar refractivity (Wildman–Crippen MR) is 90.7 cm³/mol. The summed E-state index contributed by atoms with van der Waals surface area (Å²) in [6, 6.07) is 9.52. The van der Waals surface area contributed by atoms with Gasteiger partial charge >= 0.3 is 0 Å². The molecule has 116 valence electrons. The van der Waals surface area contributed by atoms with Crippen molar-refractivity contribution in [1.82, 2.24) is 19.7 Å². The van der Waals surface area contributed by atoms with E-state index in [1.807, 2.05) is 36.1 Å². The summed E-state index contributed by atoms with van der Waals surface area (Å²) in [5, 5.41) is 10.0. The lowest BCUT2D eigenvalue weighted by molar-refractivity contribution is 0.693. The standard InChI is InChI=1S/C17H14Cl2N4/c1-23-15(13-3-2-12(18)10-14(13)19)21-22-16(23)17(6-7-17)11-4-8-20-9-5-11/h2-5,8-10H,6-7H2,1H3. The molecular formula is C17H14Cl2N4. The molecule has 0 radical (unpaired) electrons. The van der Waals surface area contributed by atoms with Crippen molar-refractivity contribution in [2.75, 3.05) is 0 Å². The van der Waals surface area contributed by atoms with Gasteiger partial charge in [-0.25, -0.2) is 0 Å². The Balaban J connectivity index is 1.80. The molecule has 0 spiro atoms. The van der Waals surface area contributed by atoms with Crippen LogP contribution in [0.4, 0.5) is 0 Å². The quantitative estimate of drug-likeness (QED) is 0.712. The van der Waals surface area contributed by atoms with E-state index in [4.69, 9.17) is 23.2 Å². The highest BCUT2D eigenvalue weighted by Gasteiger charge is 2.50. The summed E-state index contributed by atoms with van der Waals surface area (Å²) in [5.41, 5.74) is 2.02.